The van der Waals surface area contributed by atoms with Gasteiger partial charge in [0.2, 0.25) is 0 Å². The molecule has 0 aliphatic carbocycles. The summed E-state index contributed by atoms with van der Waals surface area (Å²) in [6.45, 7) is 0. The standard InChI is InChI=1S/C11H14O2S/c1-13-10-4-2-9(3-5-10)11(12)6-7-14-8-11/h2-5,12H,6-8H2,1H3/t11-/m1/s1. The van der Waals surface area contributed by atoms with E-state index in [9.17, 15) is 5.11 Å². The Bertz CT molecular complexity index is 302. The minimum Gasteiger partial charge on any atom is -0.497 e. The number of aliphatic hydroxyl groups is 1. The van der Waals surface area contributed by atoms with Crippen molar-refractivity contribution in [3.8, 4) is 5.75 Å². The largest absolute Gasteiger partial charge is 0.497 e. The predicted octanol–water partition coefficient (Wildman–Crippen LogP) is 2.02. The van der Waals surface area contributed by atoms with Crippen LogP contribution in [0.4, 0.5) is 0 Å². The molecule has 1 saturated heterocycles. The van der Waals surface area contributed by atoms with Crippen LogP contribution in [0.25, 0.3) is 0 Å². The second-order valence-corrected chi connectivity index (χ2v) is 4.67. The number of benzene rings is 1. The highest BCUT2D eigenvalue weighted by Crippen LogP contribution is 2.36. The van der Waals surface area contributed by atoms with Crippen LogP contribution in [0.2, 0.25) is 0 Å². The number of thioether (sulfide) groups is 1. The van der Waals surface area contributed by atoms with Crippen molar-refractivity contribution in [2.45, 2.75) is 12.0 Å². The van der Waals surface area contributed by atoms with Crippen LogP contribution in [0.5, 0.6) is 5.75 Å². The molecule has 2 rings (SSSR count). The molecule has 1 fully saturated rings. The van der Waals surface area contributed by atoms with Gasteiger partial charge in [-0.3, -0.25) is 0 Å². The van der Waals surface area contributed by atoms with Crippen molar-refractivity contribution in [2.24, 2.45) is 0 Å². The summed E-state index contributed by atoms with van der Waals surface area (Å²) in [5, 5.41) is 10.3. The van der Waals surface area contributed by atoms with Gasteiger partial charge in [0.25, 0.3) is 0 Å². The van der Waals surface area contributed by atoms with Crippen LogP contribution in [0.3, 0.4) is 0 Å². The van der Waals surface area contributed by atoms with Crippen LogP contribution in [0.15, 0.2) is 24.3 Å². The van der Waals surface area contributed by atoms with E-state index in [0.717, 1.165) is 29.2 Å². The Labute approximate surface area is 88.3 Å². The van der Waals surface area contributed by atoms with E-state index in [0.29, 0.717) is 0 Å². The molecule has 1 N–H and O–H groups in total. The van der Waals surface area contributed by atoms with Crippen molar-refractivity contribution in [3.05, 3.63) is 29.8 Å². The maximum Gasteiger partial charge on any atom is 0.118 e. The molecule has 3 heteroatoms. The molecule has 1 heterocycles. The molecule has 1 aliphatic heterocycles. The van der Waals surface area contributed by atoms with Crippen LogP contribution >= 0.6 is 11.8 Å². The van der Waals surface area contributed by atoms with Gasteiger partial charge in [0.15, 0.2) is 0 Å². The van der Waals surface area contributed by atoms with E-state index in [1.807, 2.05) is 24.3 Å². The van der Waals surface area contributed by atoms with E-state index in [2.05, 4.69) is 0 Å². The zero-order valence-corrected chi connectivity index (χ0v) is 9.01. The van der Waals surface area contributed by atoms with Crippen molar-refractivity contribution >= 4 is 11.8 Å². The lowest BCUT2D eigenvalue weighted by atomic mass is 9.93. The normalized spacial score (nSPS) is 26.4. The SMILES string of the molecule is COc1ccc([C@@]2(O)CCSC2)cc1. The fourth-order valence-electron chi connectivity index (χ4n) is 1.68. The third-order valence-corrected chi connectivity index (χ3v) is 3.80. The molecule has 0 amide bonds. The minimum absolute atomic E-state index is 0.614. The Balaban J connectivity index is 2.23. The van der Waals surface area contributed by atoms with Crippen LogP contribution in [-0.4, -0.2) is 23.7 Å². The van der Waals surface area contributed by atoms with Crippen molar-refractivity contribution in [2.75, 3.05) is 18.6 Å². The van der Waals surface area contributed by atoms with Gasteiger partial charge in [-0.25, -0.2) is 0 Å². The molecule has 0 spiro atoms. The zero-order valence-electron chi connectivity index (χ0n) is 8.19. The monoisotopic (exact) mass is 210 g/mol. The Morgan fingerprint density at radius 2 is 2.07 bits per heavy atom. The molecule has 0 aromatic heterocycles. The maximum absolute atomic E-state index is 10.3. The summed E-state index contributed by atoms with van der Waals surface area (Å²) >= 11 is 1.80. The molecule has 1 atom stereocenters. The maximum atomic E-state index is 10.3. The lowest BCUT2D eigenvalue weighted by molar-refractivity contribution is 0.0657. The van der Waals surface area contributed by atoms with E-state index >= 15 is 0 Å². The van der Waals surface area contributed by atoms with Gasteiger partial charge in [-0.1, -0.05) is 12.1 Å². The van der Waals surface area contributed by atoms with Gasteiger partial charge in [-0.05, 0) is 29.9 Å². The fraction of sp³-hybridized carbons (Fsp3) is 0.455. The average Bonchev–Trinajstić information content (AvgIpc) is 2.67. The van der Waals surface area contributed by atoms with E-state index in [4.69, 9.17) is 4.74 Å². The van der Waals surface area contributed by atoms with E-state index in [-0.39, 0.29) is 0 Å². The first-order chi connectivity index (χ1) is 6.74. The smallest absolute Gasteiger partial charge is 0.118 e. The number of methoxy groups -OCH3 is 1. The van der Waals surface area contributed by atoms with Crippen molar-refractivity contribution in [1.82, 2.24) is 0 Å². The van der Waals surface area contributed by atoms with Gasteiger partial charge >= 0.3 is 0 Å². The average molecular weight is 210 g/mol. The highest BCUT2D eigenvalue weighted by molar-refractivity contribution is 7.99. The summed E-state index contributed by atoms with van der Waals surface area (Å²) in [4.78, 5) is 0. The molecule has 0 radical (unpaired) electrons. The number of hydrogen-bond donors (Lipinski definition) is 1. The topological polar surface area (TPSA) is 29.5 Å². The summed E-state index contributed by atoms with van der Waals surface area (Å²) in [5.41, 5.74) is 0.389. The molecule has 1 aromatic rings. The third kappa shape index (κ3) is 1.74. The van der Waals surface area contributed by atoms with Crippen LogP contribution in [0, 0.1) is 0 Å². The van der Waals surface area contributed by atoms with Gasteiger partial charge < -0.3 is 9.84 Å². The van der Waals surface area contributed by atoms with Gasteiger partial charge in [0.05, 0.1) is 12.7 Å². The summed E-state index contributed by atoms with van der Waals surface area (Å²) in [7, 11) is 1.65. The first-order valence-corrected chi connectivity index (χ1v) is 5.85. The minimum atomic E-state index is -0.614. The zero-order chi connectivity index (χ0) is 10.0. The molecule has 1 aromatic carbocycles. The second-order valence-electron chi connectivity index (χ2n) is 3.56. The molecular weight excluding hydrogens is 196 g/mol. The molecule has 0 saturated carbocycles. The summed E-state index contributed by atoms with van der Waals surface area (Å²) in [6.07, 6.45) is 0.851. The lowest BCUT2D eigenvalue weighted by Crippen LogP contribution is -2.24. The Hall–Kier alpha value is -0.670. The van der Waals surface area contributed by atoms with Gasteiger partial charge in [0.1, 0.15) is 5.75 Å². The quantitative estimate of drug-likeness (QED) is 0.809. The molecular formula is C11H14O2S. The molecule has 2 nitrogen and oxygen atoms in total. The van der Waals surface area contributed by atoms with E-state index in [1.165, 1.54) is 0 Å². The third-order valence-electron chi connectivity index (χ3n) is 2.63. The first-order valence-electron chi connectivity index (χ1n) is 4.69. The molecule has 0 unspecified atom stereocenters. The van der Waals surface area contributed by atoms with Crippen LogP contribution < -0.4 is 4.74 Å². The van der Waals surface area contributed by atoms with Crippen LogP contribution in [0.1, 0.15) is 12.0 Å². The molecule has 14 heavy (non-hydrogen) atoms. The van der Waals surface area contributed by atoms with Crippen molar-refractivity contribution in [1.29, 1.82) is 0 Å². The fourth-order valence-corrected chi connectivity index (χ4v) is 2.96. The van der Waals surface area contributed by atoms with Gasteiger partial charge in [0, 0.05) is 5.75 Å². The Morgan fingerprint density at radius 1 is 1.36 bits per heavy atom. The number of ether oxygens (including phenoxy) is 1. The first kappa shape index (κ1) is 9.87. The van der Waals surface area contributed by atoms with Crippen molar-refractivity contribution < 1.29 is 9.84 Å². The molecule has 1 aliphatic rings. The Morgan fingerprint density at radius 3 is 2.57 bits per heavy atom. The highest BCUT2D eigenvalue weighted by atomic mass is 32.2. The summed E-state index contributed by atoms with van der Waals surface area (Å²) < 4.78 is 5.08. The second kappa shape index (κ2) is 3.83. The highest BCUT2D eigenvalue weighted by Gasteiger charge is 2.33. The van der Waals surface area contributed by atoms with Gasteiger partial charge in [-0.2, -0.15) is 11.8 Å². The van der Waals surface area contributed by atoms with E-state index < -0.39 is 5.60 Å². The van der Waals surface area contributed by atoms with E-state index in [1.54, 1.807) is 18.9 Å². The summed E-state index contributed by atoms with van der Waals surface area (Å²) in [6, 6.07) is 7.70. The summed E-state index contributed by atoms with van der Waals surface area (Å²) in [5.74, 6) is 2.69. The predicted molar refractivity (Wildman–Crippen MR) is 58.8 cm³/mol. The molecule has 76 valence electrons. The lowest BCUT2D eigenvalue weighted by Gasteiger charge is -2.21. The molecule has 0 bridgehead atoms. The van der Waals surface area contributed by atoms with Gasteiger partial charge in [-0.15, -0.1) is 0 Å². The van der Waals surface area contributed by atoms with Crippen molar-refractivity contribution in [3.63, 3.8) is 0 Å². The Kier molecular flexibility index (Phi) is 2.70. The number of hydrogen-bond acceptors (Lipinski definition) is 3. The van der Waals surface area contributed by atoms with Crippen LogP contribution in [-0.2, 0) is 5.60 Å². The number of rotatable bonds is 2.